The molecule has 5 heterocycles. The molecule has 3 atom stereocenters. The number of hydrogen-bond acceptors (Lipinski definition) is 8. The van der Waals surface area contributed by atoms with Gasteiger partial charge in [-0.2, -0.15) is 0 Å². The number of allylic oxidation sites excluding steroid dienone is 10. The minimum absolute atomic E-state index is 0.0325. The Hall–Kier alpha value is -4.04. The summed E-state index contributed by atoms with van der Waals surface area (Å²) in [6.45, 7) is 14.3. The first kappa shape index (κ1) is 31.0. The van der Waals surface area contributed by atoms with Crippen LogP contribution in [0.4, 0.5) is 0 Å². The van der Waals surface area contributed by atoms with Crippen LogP contribution in [0.5, 0.6) is 0 Å². The number of aliphatic hydroxyl groups is 1. The Morgan fingerprint density at radius 1 is 1.00 bits per heavy atom. The summed E-state index contributed by atoms with van der Waals surface area (Å²) in [5.74, 6) is -0.331. The van der Waals surface area contributed by atoms with Crippen molar-refractivity contribution in [1.82, 2.24) is 0 Å². The number of ether oxygens (including phenoxy) is 1. The number of ketones is 1. The summed E-state index contributed by atoms with van der Waals surface area (Å²) in [5.41, 5.74) is 13.8. The summed E-state index contributed by atoms with van der Waals surface area (Å²) < 4.78 is 4.99. The molecule has 0 aromatic rings. The third kappa shape index (κ3) is 4.94. The SMILES string of the molecule is CCCC1=C(C)C2=CC3=NC(=C(C)C4=NC(=C5CC(=O)C6=C(CC)C(=CC1=N2)N=C56)C(CCC(=O)OC)C4C)C(C)=C3C(C)O. The minimum Gasteiger partial charge on any atom is -0.469 e. The summed E-state index contributed by atoms with van der Waals surface area (Å²) in [6.07, 6.45) is 6.85. The summed E-state index contributed by atoms with van der Waals surface area (Å²) in [7, 11) is 1.41. The lowest BCUT2D eigenvalue weighted by molar-refractivity contribution is -0.140. The second-order valence-corrected chi connectivity index (χ2v) is 12.7. The molecular formula is C37H42N4O4. The number of aliphatic hydroxyl groups excluding tert-OH is 1. The summed E-state index contributed by atoms with van der Waals surface area (Å²) in [5, 5.41) is 10.9. The van der Waals surface area contributed by atoms with Gasteiger partial charge in [0.25, 0.3) is 0 Å². The van der Waals surface area contributed by atoms with E-state index in [0.29, 0.717) is 24.1 Å². The standard InChI is InChI=1S/C37H42N4O4/c1-9-11-23-17(3)26-15-29-32(21(7)42)19(5)35(40-29)20(6)34-18(4)24(12-13-31(44)45-8)36(41-34)25-14-30(43)33-22(10-2)27(39-37(25)33)16-28(23)38-26/h15-16,18,21,24,42H,9-14H2,1-8H3. The number of carbonyl (C=O) groups excluding carboxylic acids is 2. The monoisotopic (exact) mass is 606 g/mol. The number of carbonyl (C=O) groups is 2. The van der Waals surface area contributed by atoms with Gasteiger partial charge in [0.1, 0.15) is 0 Å². The smallest absolute Gasteiger partial charge is 0.305 e. The maximum Gasteiger partial charge on any atom is 0.305 e. The van der Waals surface area contributed by atoms with E-state index in [1.165, 1.54) is 7.11 Å². The number of aliphatic imine (C=N–C) groups is 4. The van der Waals surface area contributed by atoms with E-state index in [9.17, 15) is 14.7 Å². The van der Waals surface area contributed by atoms with E-state index in [0.717, 1.165) is 91.8 Å². The number of hydrogen-bond donors (Lipinski definition) is 1. The van der Waals surface area contributed by atoms with Crippen LogP contribution in [0.15, 0.2) is 99.5 Å². The van der Waals surface area contributed by atoms with Crippen LogP contribution in [0.25, 0.3) is 0 Å². The number of Topliss-reactive ketones (excluding diaryl/α,β-unsaturated/α-hetero) is 1. The molecule has 0 aromatic heterocycles. The van der Waals surface area contributed by atoms with E-state index in [2.05, 4.69) is 27.7 Å². The second-order valence-electron chi connectivity index (χ2n) is 12.7. The molecule has 8 nitrogen and oxygen atoms in total. The highest BCUT2D eigenvalue weighted by molar-refractivity contribution is 6.38. The average Bonchev–Trinajstić information content (AvgIpc) is 3.77. The van der Waals surface area contributed by atoms with Gasteiger partial charge in [0.05, 0.1) is 53.1 Å². The van der Waals surface area contributed by atoms with Crippen molar-refractivity contribution in [2.75, 3.05) is 7.11 Å². The molecule has 0 spiro atoms. The molecule has 8 bridgehead atoms. The van der Waals surface area contributed by atoms with Crippen molar-refractivity contribution in [2.45, 2.75) is 93.1 Å². The first-order valence-corrected chi connectivity index (χ1v) is 16.2. The van der Waals surface area contributed by atoms with Gasteiger partial charge in [0.2, 0.25) is 0 Å². The predicted octanol–water partition coefficient (Wildman–Crippen LogP) is 6.81. The van der Waals surface area contributed by atoms with E-state index in [1.54, 1.807) is 6.92 Å². The Morgan fingerprint density at radius 3 is 2.40 bits per heavy atom. The van der Waals surface area contributed by atoms with Crippen LogP contribution >= 0.6 is 0 Å². The van der Waals surface area contributed by atoms with Gasteiger partial charge in [-0.25, -0.2) is 15.0 Å². The maximum atomic E-state index is 13.7. The van der Waals surface area contributed by atoms with Crippen LogP contribution in [0.1, 0.15) is 87.0 Å². The Kier molecular flexibility index (Phi) is 8.06. The Labute approximate surface area is 265 Å². The van der Waals surface area contributed by atoms with Gasteiger partial charge in [-0.1, -0.05) is 27.2 Å². The van der Waals surface area contributed by atoms with Crippen LogP contribution in [0.2, 0.25) is 0 Å². The molecule has 234 valence electrons. The Morgan fingerprint density at radius 2 is 1.73 bits per heavy atom. The topological polar surface area (TPSA) is 113 Å². The van der Waals surface area contributed by atoms with Crippen molar-refractivity contribution in [2.24, 2.45) is 31.8 Å². The molecule has 6 aliphatic rings. The number of rotatable bonds is 7. The second kappa shape index (κ2) is 11.7. The van der Waals surface area contributed by atoms with Gasteiger partial charge < -0.3 is 9.84 Å². The van der Waals surface area contributed by atoms with Crippen molar-refractivity contribution in [3.8, 4) is 0 Å². The molecule has 0 radical (unpaired) electrons. The van der Waals surface area contributed by atoms with E-state index >= 15 is 0 Å². The van der Waals surface area contributed by atoms with Gasteiger partial charge in [0.15, 0.2) is 5.78 Å². The van der Waals surface area contributed by atoms with E-state index < -0.39 is 6.10 Å². The van der Waals surface area contributed by atoms with Gasteiger partial charge in [0, 0.05) is 47.1 Å². The molecule has 45 heavy (non-hydrogen) atoms. The molecular weight excluding hydrogens is 564 g/mol. The number of fused-ring (bicyclic) bond motifs is 4. The molecule has 1 fully saturated rings. The fourth-order valence-corrected chi connectivity index (χ4v) is 7.70. The zero-order chi connectivity index (χ0) is 32.3. The fourth-order valence-electron chi connectivity index (χ4n) is 7.70. The third-order valence-electron chi connectivity index (χ3n) is 10.0. The van der Waals surface area contributed by atoms with Crippen LogP contribution in [-0.4, -0.2) is 52.9 Å². The van der Waals surface area contributed by atoms with Crippen molar-refractivity contribution >= 4 is 34.6 Å². The van der Waals surface area contributed by atoms with Crippen molar-refractivity contribution in [3.63, 3.8) is 0 Å². The van der Waals surface area contributed by atoms with Crippen molar-refractivity contribution in [3.05, 3.63) is 79.5 Å². The van der Waals surface area contributed by atoms with Gasteiger partial charge in [-0.3, -0.25) is 14.6 Å². The molecule has 6 rings (SSSR count). The summed E-state index contributed by atoms with van der Waals surface area (Å²) in [4.78, 5) is 46.6. The van der Waals surface area contributed by atoms with Crippen LogP contribution in [0.3, 0.4) is 0 Å². The third-order valence-corrected chi connectivity index (χ3v) is 10.0. The Balaban J connectivity index is 1.66. The summed E-state index contributed by atoms with van der Waals surface area (Å²) in [6, 6.07) is 0. The van der Waals surface area contributed by atoms with E-state index in [-0.39, 0.29) is 36.4 Å². The lowest BCUT2D eigenvalue weighted by Crippen LogP contribution is -2.19. The zero-order valence-electron chi connectivity index (χ0n) is 27.6. The highest BCUT2D eigenvalue weighted by Gasteiger charge is 2.43. The van der Waals surface area contributed by atoms with Gasteiger partial charge in [-0.15, -0.1) is 0 Å². The average molecular weight is 607 g/mol. The highest BCUT2D eigenvalue weighted by atomic mass is 16.5. The molecule has 0 saturated heterocycles. The lowest BCUT2D eigenvalue weighted by Gasteiger charge is -2.19. The van der Waals surface area contributed by atoms with Crippen LogP contribution < -0.4 is 0 Å². The number of methoxy groups -OCH3 is 1. The van der Waals surface area contributed by atoms with Gasteiger partial charge >= 0.3 is 5.97 Å². The molecule has 0 amide bonds. The highest BCUT2D eigenvalue weighted by Crippen LogP contribution is 2.46. The largest absolute Gasteiger partial charge is 0.469 e. The first-order chi connectivity index (χ1) is 21.5. The van der Waals surface area contributed by atoms with Crippen molar-refractivity contribution < 1.29 is 19.4 Å². The summed E-state index contributed by atoms with van der Waals surface area (Å²) >= 11 is 0. The minimum atomic E-state index is -0.723. The quantitative estimate of drug-likeness (QED) is 0.321. The lowest BCUT2D eigenvalue weighted by atomic mass is 9.83. The maximum absolute atomic E-state index is 13.7. The van der Waals surface area contributed by atoms with Gasteiger partial charge in [-0.05, 0) is 87.0 Å². The number of esters is 1. The first-order valence-electron chi connectivity index (χ1n) is 16.2. The molecule has 1 N–H and O–H groups in total. The van der Waals surface area contributed by atoms with E-state index in [1.807, 2.05) is 26.0 Å². The van der Waals surface area contributed by atoms with Crippen LogP contribution in [-0.2, 0) is 14.3 Å². The molecule has 5 aliphatic heterocycles. The fraction of sp³-hybridized carbons (Fsp3) is 0.459. The Bertz CT molecular complexity index is 1800. The molecule has 0 aromatic carbocycles. The predicted molar refractivity (Wildman–Crippen MR) is 178 cm³/mol. The molecule has 3 unspecified atom stereocenters. The molecule has 1 aliphatic carbocycles. The van der Waals surface area contributed by atoms with E-state index in [4.69, 9.17) is 24.7 Å². The van der Waals surface area contributed by atoms with Crippen molar-refractivity contribution in [1.29, 1.82) is 0 Å². The zero-order valence-corrected chi connectivity index (χ0v) is 27.6. The normalized spacial score (nSPS) is 24.9. The molecule has 1 saturated carbocycles. The molecule has 8 heteroatoms. The van der Waals surface area contributed by atoms with Crippen LogP contribution in [0, 0.1) is 11.8 Å². The number of nitrogens with zero attached hydrogens (tertiary/aromatic N) is 4.